The molecule has 0 aliphatic carbocycles. The van der Waals surface area contributed by atoms with E-state index in [1.165, 1.54) is 7.11 Å². The predicted molar refractivity (Wildman–Crippen MR) is 66.3 cm³/mol. The molecule has 0 aliphatic heterocycles. The molecular weight excluding hydrogens is 291 g/mol. The van der Waals surface area contributed by atoms with Gasteiger partial charge in [-0.3, -0.25) is 4.79 Å². The van der Waals surface area contributed by atoms with Crippen LogP contribution in [0.1, 0.15) is 23.2 Å². The van der Waals surface area contributed by atoms with Gasteiger partial charge in [0.25, 0.3) is 5.91 Å². The van der Waals surface area contributed by atoms with E-state index in [2.05, 4.69) is 5.32 Å². The first-order valence-electron chi connectivity index (χ1n) is 6.04. The van der Waals surface area contributed by atoms with Crippen LogP contribution in [0.3, 0.4) is 0 Å². The zero-order valence-electron chi connectivity index (χ0n) is 11.2. The summed E-state index contributed by atoms with van der Waals surface area (Å²) in [6.45, 7) is 0.291. The zero-order valence-corrected chi connectivity index (χ0v) is 11.2. The third-order valence-electron chi connectivity index (χ3n) is 2.72. The Morgan fingerprint density at radius 2 is 1.95 bits per heavy atom. The minimum absolute atomic E-state index is 0.0558. The summed E-state index contributed by atoms with van der Waals surface area (Å²) in [6, 6.07) is 0.0608. The molecule has 0 radical (unpaired) electrons. The molecule has 1 unspecified atom stereocenters. The number of aliphatic carboxylic acids is 1. The fraction of sp³-hybridized carbons (Fsp3) is 0.385. The van der Waals surface area contributed by atoms with Gasteiger partial charge in [0, 0.05) is 13.7 Å². The van der Waals surface area contributed by atoms with E-state index in [0.29, 0.717) is 19.1 Å². The predicted octanol–water partition coefficient (Wildman–Crippen LogP) is 1.71. The minimum Gasteiger partial charge on any atom is -0.480 e. The van der Waals surface area contributed by atoms with E-state index in [-0.39, 0.29) is 6.42 Å². The van der Waals surface area contributed by atoms with Gasteiger partial charge in [0.1, 0.15) is 6.04 Å². The number of amides is 1. The summed E-state index contributed by atoms with van der Waals surface area (Å²) >= 11 is 0. The molecule has 2 N–H and O–H groups in total. The van der Waals surface area contributed by atoms with Gasteiger partial charge in [-0.25, -0.2) is 18.0 Å². The van der Waals surface area contributed by atoms with Gasteiger partial charge >= 0.3 is 5.97 Å². The lowest BCUT2D eigenvalue weighted by atomic mass is 10.1. The van der Waals surface area contributed by atoms with Crippen LogP contribution in [0.5, 0.6) is 0 Å². The SMILES string of the molecule is COCCCC(NC(=O)c1ccc(F)c(F)c1F)C(=O)O. The number of rotatable bonds is 7. The Labute approximate surface area is 118 Å². The largest absolute Gasteiger partial charge is 0.480 e. The average Bonchev–Trinajstić information content (AvgIpc) is 2.43. The molecule has 1 aromatic carbocycles. The van der Waals surface area contributed by atoms with Crippen LogP contribution in [0, 0.1) is 17.5 Å². The molecule has 5 nitrogen and oxygen atoms in total. The van der Waals surface area contributed by atoms with Gasteiger partial charge < -0.3 is 15.2 Å². The van der Waals surface area contributed by atoms with Gasteiger partial charge in [0.05, 0.1) is 5.56 Å². The van der Waals surface area contributed by atoms with E-state index in [1.807, 2.05) is 0 Å². The van der Waals surface area contributed by atoms with E-state index in [9.17, 15) is 22.8 Å². The van der Waals surface area contributed by atoms with E-state index in [1.54, 1.807) is 0 Å². The topological polar surface area (TPSA) is 75.6 Å². The Morgan fingerprint density at radius 3 is 2.52 bits per heavy atom. The van der Waals surface area contributed by atoms with Gasteiger partial charge in [-0.1, -0.05) is 0 Å². The maximum atomic E-state index is 13.4. The molecule has 1 rings (SSSR count). The summed E-state index contributed by atoms with van der Waals surface area (Å²) in [5.74, 6) is -7.32. The summed E-state index contributed by atoms with van der Waals surface area (Å²) in [4.78, 5) is 22.7. The number of carbonyl (C=O) groups excluding carboxylic acids is 1. The summed E-state index contributed by atoms with van der Waals surface area (Å²) in [6.07, 6.45) is 0.411. The Hall–Kier alpha value is -2.09. The molecular formula is C13H14F3NO4. The Bertz CT molecular complexity index is 536. The summed E-state index contributed by atoms with van der Waals surface area (Å²) < 4.78 is 44.0. The second-order valence-corrected chi connectivity index (χ2v) is 4.22. The van der Waals surface area contributed by atoms with E-state index < -0.39 is 40.9 Å². The van der Waals surface area contributed by atoms with Crippen molar-refractivity contribution in [1.82, 2.24) is 5.32 Å². The molecule has 0 saturated carbocycles. The number of carboxylic acid groups (broad SMARTS) is 1. The number of ether oxygens (including phenoxy) is 1. The van der Waals surface area contributed by atoms with Gasteiger partial charge in [-0.2, -0.15) is 0 Å². The van der Waals surface area contributed by atoms with Crippen molar-refractivity contribution in [2.75, 3.05) is 13.7 Å². The number of benzene rings is 1. The highest BCUT2D eigenvalue weighted by Gasteiger charge is 2.24. The monoisotopic (exact) mass is 305 g/mol. The van der Waals surface area contributed by atoms with Crippen molar-refractivity contribution in [2.24, 2.45) is 0 Å². The fourth-order valence-corrected chi connectivity index (χ4v) is 1.63. The molecule has 0 saturated heterocycles. The Balaban J connectivity index is 2.82. The van der Waals surface area contributed by atoms with Crippen LogP contribution in [0.25, 0.3) is 0 Å². The number of carbonyl (C=O) groups is 2. The highest BCUT2D eigenvalue weighted by molar-refractivity contribution is 5.96. The molecule has 0 heterocycles. The summed E-state index contributed by atoms with van der Waals surface area (Å²) in [7, 11) is 1.44. The minimum atomic E-state index is -1.78. The maximum Gasteiger partial charge on any atom is 0.326 e. The van der Waals surface area contributed by atoms with E-state index in [0.717, 1.165) is 6.07 Å². The molecule has 1 aromatic rings. The molecule has 0 aliphatic rings. The first-order chi connectivity index (χ1) is 9.88. The maximum absolute atomic E-state index is 13.4. The number of hydrogen-bond acceptors (Lipinski definition) is 3. The fourth-order valence-electron chi connectivity index (χ4n) is 1.63. The Morgan fingerprint density at radius 1 is 1.29 bits per heavy atom. The van der Waals surface area contributed by atoms with Gasteiger partial charge in [0.2, 0.25) is 0 Å². The van der Waals surface area contributed by atoms with Crippen molar-refractivity contribution in [3.63, 3.8) is 0 Å². The van der Waals surface area contributed by atoms with Crippen molar-refractivity contribution in [3.8, 4) is 0 Å². The van der Waals surface area contributed by atoms with Crippen LogP contribution in [0.4, 0.5) is 13.2 Å². The normalized spacial score (nSPS) is 12.0. The summed E-state index contributed by atoms with van der Waals surface area (Å²) in [5.41, 5.74) is -0.758. The van der Waals surface area contributed by atoms with Crippen LogP contribution >= 0.6 is 0 Å². The van der Waals surface area contributed by atoms with Crippen molar-refractivity contribution < 1.29 is 32.6 Å². The lowest BCUT2D eigenvalue weighted by molar-refractivity contribution is -0.139. The first kappa shape index (κ1) is 17.0. The first-order valence-corrected chi connectivity index (χ1v) is 6.04. The van der Waals surface area contributed by atoms with Gasteiger partial charge in [0.15, 0.2) is 17.5 Å². The highest BCUT2D eigenvalue weighted by atomic mass is 19.2. The van der Waals surface area contributed by atoms with E-state index >= 15 is 0 Å². The smallest absolute Gasteiger partial charge is 0.326 e. The number of carboxylic acids is 1. The number of halogens is 3. The molecule has 0 spiro atoms. The molecule has 0 bridgehead atoms. The second-order valence-electron chi connectivity index (χ2n) is 4.22. The van der Waals surface area contributed by atoms with Crippen LogP contribution in [-0.2, 0) is 9.53 Å². The second kappa shape index (κ2) is 7.63. The van der Waals surface area contributed by atoms with Gasteiger partial charge in [-0.05, 0) is 25.0 Å². The molecule has 0 aromatic heterocycles. The summed E-state index contributed by atoms with van der Waals surface area (Å²) in [5, 5.41) is 11.0. The molecule has 0 fully saturated rings. The quantitative estimate of drug-likeness (QED) is 0.594. The zero-order chi connectivity index (χ0) is 16.0. The van der Waals surface area contributed by atoms with Crippen LogP contribution in [0.15, 0.2) is 12.1 Å². The van der Waals surface area contributed by atoms with Crippen molar-refractivity contribution in [1.29, 1.82) is 0 Å². The third kappa shape index (κ3) is 4.45. The van der Waals surface area contributed by atoms with Gasteiger partial charge in [-0.15, -0.1) is 0 Å². The number of methoxy groups -OCH3 is 1. The molecule has 1 atom stereocenters. The van der Waals surface area contributed by atoms with Crippen LogP contribution in [0.2, 0.25) is 0 Å². The lowest BCUT2D eigenvalue weighted by Gasteiger charge is -2.14. The molecule has 1 amide bonds. The van der Waals surface area contributed by atoms with Crippen molar-refractivity contribution >= 4 is 11.9 Å². The standard InChI is InChI=1S/C13H14F3NO4/c1-21-6-2-3-9(13(19)20)17-12(18)7-4-5-8(14)11(16)10(7)15/h4-5,9H,2-3,6H2,1H3,(H,17,18)(H,19,20). The highest BCUT2D eigenvalue weighted by Crippen LogP contribution is 2.15. The lowest BCUT2D eigenvalue weighted by Crippen LogP contribution is -2.41. The average molecular weight is 305 g/mol. The third-order valence-corrected chi connectivity index (χ3v) is 2.72. The Kier molecular flexibility index (Phi) is 6.16. The van der Waals surface area contributed by atoms with Crippen LogP contribution < -0.4 is 5.32 Å². The molecule has 116 valence electrons. The molecule has 21 heavy (non-hydrogen) atoms. The van der Waals surface area contributed by atoms with E-state index in [4.69, 9.17) is 9.84 Å². The van der Waals surface area contributed by atoms with Crippen LogP contribution in [-0.4, -0.2) is 36.7 Å². The molecule has 8 heteroatoms. The van der Waals surface area contributed by atoms with Crippen molar-refractivity contribution in [2.45, 2.75) is 18.9 Å². The van der Waals surface area contributed by atoms with Crippen molar-refractivity contribution in [3.05, 3.63) is 35.1 Å². The number of nitrogens with one attached hydrogen (secondary N) is 1. The number of hydrogen-bond donors (Lipinski definition) is 2.